The summed E-state index contributed by atoms with van der Waals surface area (Å²) in [5, 5.41) is 20.0. The molecule has 0 saturated heterocycles. The van der Waals surface area contributed by atoms with Gasteiger partial charge in [-0.05, 0) is 18.4 Å². The van der Waals surface area contributed by atoms with E-state index in [4.69, 9.17) is 0 Å². The van der Waals surface area contributed by atoms with Crippen molar-refractivity contribution in [3.63, 3.8) is 0 Å². The van der Waals surface area contributed by atoms with Crippen molar-refractivity contribution >= 4 is 0 Å². The highest BCUT2D eigenvalue weighted by molar-refractivity contribution is 5.16. The number of hydrogen-bond donors (Lipinski definition) is 2. The maximum absolute atomic E-state index is 10.0. The first kappa shape index (κ1) is 10.7. The molecule has 1 fully saturated rings. The Morgan fingerprint density at radius 1 is 1.07 bits per heavy atom. The van der Waals surface area contributed by atoms with Gasteiger partial charge in [0.1, 0.15) is 0 Å². The van der Waals surface area contributed by atoms with Gasteiger partial charge >= 0.3 is 0 Å². The van der Waals surface area contributed by atoms with Gasteiger partial charge in [0.05, 0.1) is 0 Å². The standard InChI is InChI=1S/C13H18O2/c14-13(15,12-8-4-5-9-12)10-11-6-2-1-3-7-11/h1-3,6-7,12,14-15H,4-5,8-10H2. The van der Waals surface area contributed by atoms with Gasteiger partial charge in [-0.25, -0.2) is 0 Å². The number of hydrogen-bond acceptors (Lipinski definition) is 2. The molecule has 1 aromatic rings. The van der Waals surface area contributed by atoms with Gasteiger partial charge in [-0.1, -0.05) is 43.2 Å². The van der Waals surface area contributed by atoms with Crippen molar-refractivity contribution in [3.8, 4) is 0 Å². The largest absolute Gasteiger partial charge is 0.365 e. The third-order valence-electron chi connectivity index (χ3n) is 3.32. The maximum Gasteiger partial charge on any atom is 0.169 e. The lowest BCUT2D eigenvalue weighted by Crippen LogP contribution is -2.38. The first-order valence-electron chi connectivity index (χ1n) is 5.67. The summed E-state index contributed by atoms with van der Waals surface area (Å²) in [6.07, 6.45) is 4.49. The number of aliphatic hydroxyl groups is 2. The molecule has 0 atom stereocenters. The van der Waals surface area contributed by atoms with E-state index in [1.165, 1.54) is 0 Å². The predicted octanol–water partition coefficient (Wildman–Crippen LogP) is 2.10. The van der Waals surface area contributed by atoms with Gasteiger partial charge in [0.25, 0.3) is 0 Å². The Morgan fingerprint density at radius 3 is 2.27 bits per heavy atom. The smallest absolute Gasteiger partial charge is 0.169 e. The fourth-order valence-corrected chi connectivity index (χ4v) is 2.43. The highest BCUT2D eigenvalue weighted by Crippen LogP contribution is 2.34. The van der Waals surface area contributed by atoms with Crippen LogP contribution in [0.2, 0.25) is 0 Å². The number of benzene rings is 1. The van der Waals surface area contributed by atoms with E-state index in [2.05, 4.69) is 0 Å². The minimum Gasteiger partial charge on any atom is -0.365 e. The molecule has 1 aliphatic rings. The van der Waals surface area contributed by atoms with Gasteiger partial charge in [0.2, 0.25) is 0 Å². The van der Waals surface area contributed by atoms with E-state index < -0.39 is 5.79 Å². The van der Waals surface area contributed by atoms with Crippen LogP contribution in [0.1, 0.15) is 31.2 Å². The summed E-state index contributed by atoms with van der Waals surface area (Å²) < 4.78 is 0. The summed E-state index contributed by atoms with van der Waals surface area (Å²) in [4.78, 5) is 0. The second-order valence-electron chi connectivity index (χ2n) is 4.52. The van der Waals surface area contributed by atoms with Crippen LogP contribution in [0.15, 0.2) is 30.3 Å². The molecule has 0 unspecified atom stereocenters. The third-order valence-corrected chi connectivity index (χ3v) is 3.32. The molecule has 0 heterocycles. The van der Waals surface area contributed by atoms with E-state index in [0.29, 0.717) is 6.42 Å². The molecule has 0 amide bonds. The van der Waals surface area contributed by atoms with Crippen molar-refractivity contribution in [3.05, 3.63) is 35.9 Å². The molecule has 82 valence electrons. The second-order valence-corrected chi connectivity index (χ2v) is 4.52. The average Bonchev–Trinajstić information content (AvgIpc) is 2.71. The van der Waals surface area contributed by atoms with Gasteiger partial charge in [-0.15, -0.1) is 0 Å². The Balaban J connectivity index is 2.03. The topological polar surface area (TPSA) is 40.5 Å². The summed E-state index contributed by atoms with van der Waals surface area (Å²) in [5.41, 5.74) is 0.995. The van der Waals surface area contributed by atoms with Gasteiger partial charge in [-0.2, -0.15) is 0 Å². The van der Waals surface area contributed by atoms with Crippen molar-refractivity contribution in [1.82, 2.24) is 0 Å². The summed E-state index contributed by atoms with van der Waals surface area (Å²) in [5.74, 6) is -1.46. The Kier molecular flexibility index (Phi) is 3.08. The zero-order valence-electron chi connectivity index (χ0n) is 8.89. The minimum absolute atomic E-state index is 0.0534. The summed E-state index contributed by atoms with van der Waals surface area (Å²) in [7, 11) is 0. The minimum atomic E-state index is -1.52. The van der Waals surface area contributed by atoms with Crippen molar-refractivity contribution < 1.29 is 10.2 Å². The SMILES string of the molecule is OC(O)(Cc1ccccc1)C1CCCC1. The Bertz CT molecular complexity index is 300. The molecule has 0 spiro atoms. The van der Waals surface area contributed by atoms with Gasteiger partial charge in [0, 0.05) is 12.3 Å². The highest BCUT2D eigenvalue weighted by atomic mass is 16.5. The Labute approximate surface area is 90.6 Å². The second kappa shape index (κ2) is 4.33. The lowest BCUT2D eigenvalue weighted by atomic mass is 9.91. The lowest BCUT2D eigenvalue weighted by molar-refractivity contribution is -0.197. The molecule has 2 nitrogen and oxygen atoms in total. The lowest BCUT2D eigenvalue weighted by Gasteiger charge is -2.28. The number of rotatable bonds is 3. The van der Waals surface area contributed by atoms with Crippen molar-refractivity contribution in [2.75, 3.05) is 0 Å². The molecule has 2 heteroatoms. The highest BCUT2D eigenvalue weighted by Gasteiger charge is 2.36. The van der Waals surface area contributed by atoms with Gasteiger partial charge < -0.3 is 10.2 Å². The maximum atomic E-state index is 10.0. The Morgan fingerprint density at radius 2 is 1.67 bits per heavy atom. The van der Waals surface area contributed by atoms with E-state index in [9.17, 15) is 10.2 Å². The van der Waals surface area contributed by atoms with Crippen LogP contribution in [0.5, 0.6) is 0 Å². The van der Waals surface area contributed by atoms with Gasteiger partial charge in [0.15, 0.2) is 5.79 Å². The summed E-state index contributed by atoms with van der Waals surface area (Å²) in [6, 6.07) is 9.68. The van der Waals surface area contributed by atoms with Crippen molar-refractivity contribution in [2.24, 2.45) is 5.92 Å². The van der Waals surface area contributed by atoms with Gasteiger partial charge in [-0.3, -0.25) is 0 Å². The Hall–Kier alpha value is -0.860. The molecule has 1 saturated carbocycles. The van der Waals surface area contributed by atoms with Crippen LogP contribution in [0, 0.1) is 5.92 Å². The molecule has 15 heavy (non-hydrogen) atoms. The predicted molar refractivity (Wildman–Crippen MR) is 59.3 cm³/mol. The first-order valence-corrected chi connectivity index (χ1v) is 5.67. The molecule has 0 radical (unpaired) electrons. The zero-order chi connectivity index (χ0) is 10.7. The molecule has 0 aromatic heterocycles. The monoisotopic (exact) mass is 206 g/mol. The average molecular weight is 206 g/mol. The molecule has 0 bridgehead atoms. The van der Waals surface area contributed by atoms with E-state index in [1.54, 1.807) is 0 Å². The van der Waals surface area contributed by atoms with Crippen LogP contribution in [0.3, 0.4) is 0 Å². The molecular formula is C13H18O2. The molecule has 2 N–H and O–H groups in total. The normalized spacial score (nSPS) is 18.3. The fourth-order valence-electron chi connectivity index (χ4n) is 2.43. The van der Waals surface area contributed by atoms with E-state index in [-0.39, 0.29) is 5.92 Å². The quantitative estimate of drug-likeness (QED) is 0.743. The van der Waals surface area contributed by atoms with Crippen LogP contribution in [0.25, 0.3) is 0 Å². The zero-order valence-corrected chi connectivity index (χ0v) is 8.89. The van der Waals surface area contributed by atoms with Crippen LogP contribution < -0.4 is 0 Å². The van der Waals surface area contributed by atoms with Crippen molar-refractivity contribution in [2.45, 2.75) is 37.9 Å². The molecule has 0 aliphatic heterocycles. The van der Waals surface area contributed by atoms with E-state index in [1.807, 2.05) is 30.3 Å². The van der Waals surface area contributed by atoms with Crippen LogP contribution in [0.4, 0.5) is 0 Å². The fraction of sp³-hybridized carbons (Fsp3) is 0.538. The third kappa shape index (κ3) is 2.58. The van der Waals surface area contributed by atoms with E-state index in [0.717, 1.165) is 31.2 Å². The molecule has 1 aromatic carbocycles. The van der Waals surface area contributed by atoms with E-state index >= 15 is 0 Å². The molecular weight excluding hydrogens is 188 g/mol. The van der Waals surface area contributed by atoms with Crippen LogP contribution in [-0.2, 0) is 6.42 Å². The van der Waals surface area contributed by atoms with Crippen molar-refractivity contribution in [1.29, 1.82) is 0 Å². The molecule has 2 rings (SSSR count). The first-order chi connectivity index (χ1) is 7.18. The summed E-state index contributed by atoms with van der Waals surface area (Å²) in [6.45, 7) is 0. The molecule has 1 aliphatic carbocycles. The van der Waals surface area contributed by atoms with Crippen LogP contribution in [-0.4, -0.2) is 16.0 Å². The van der Waals surface area contributed by atoms with Crippen LogP contribution >= 0.6 is 0 Å². The summed E-state index contributed by atoms with van der Waals surface area (Å²) >= 11 is 0.